The first-order valence-electron chi connectivity index (χ1n) is 16.8. The Balaban J connectivity index is 1.28. The summed E-state index contributed by atoms with van der Waals surface area (Å²) in [6.45, 7) is 2.11. The molecule has 3 aliphatic rings. The smallest absolute Gasteiger partial charge is 0.239 e. The molecule has 3 aromatic rings. The largest absolute Gasteiger partial charge is 0.507 e. The fraction of sp³-hybridized carbons (Fsp3) is 0.559. The standard InChI is InChI=1S/C34H42O20/c1-10-20(38)24(42)27(45)32(49-10)54-31-26(44)21(39)11(2)50-34(31)48-9-18-22(40)25(43)28(46)33(52-18)53-30-23(41)19-16(37)7-13(47-3)8-17(19)51-29(30)12-4-5-14(35)15(36)6-12/h4-8,10-11,18,20-22,24-28,31-40,42-46H,9H2,1-3H3. The van der Waals surface area contributed by atoms with E-state index in [1.54, 1.807) is 0 Å². The summed E-state index contributed by atoms with van der Waals surface area (Å²) in [4.78, 5) is 13.9. The highest BCUT2D eigenvalue weighted by Gasteiger charge is 2.51. The van der Waals surface area contributed by atoms with Crippen molar-refractivity contribution in [3.8, 4) is 40.1 Å². The lowest BCUT2D eigenvalue weighted by Gasteiger charge is -2.46. The van der Waals surface area contributed by atoms with Crippen LogP contribution in [0.3, 0.4) is 0 Å². The Kier molecular flexibility index (Phi) is 11.6. The summed E-state index contributed by atoms with van der Waals surface area (Å²) in [7, 11) is 1.31. The number of methoxy groups -OCH3 is 1. The second-order valence-corrected chi connectivity index (χ2v) is 13.3. The Morgan fingerprint density at radius 2 is 1.30 bits per heavy atom. The first-order valence-corrected chi connectivity index (χ1v) is 16.8. The normalized spacial score (nSPS) is 37.3. The van der Waals surface area contributed by atoms with Crippen molar-refractivity contribution in [3.63, 3.8) is 0 Å². The maximum Gasteiger partial charge on any atom is 0.239 e. The van der Waals surface area contributed by atoms with E-state index in [0.29, 0.717) is 0 Å². The fourth-order valence-electron chi connectivity index (χ4n) is 6.36. The van der Waals surface area contributed by atoms with E-state index in [-0.39, 0.29) is 28.0 Å². The Labute approximate surface area is 305 Å². The number of aliphatic hydroxyl groups excluding tert-OH is 8. The summed E-state index contributed by atoms with van der Waals surface area (Å²) in [6.07, 6.45) is -24.6. The van der Waals surface area contributed by atoms with E-state index in [9.17, 15) is 61.0 Å². The number of fused-ring (bicyclic) bond motifs is 1. The third-order valence-corrected chi connectivity index (χ3v) is 9.59. The van der Waals surface area contributed by atoms with Crippen molar-refractivity contribution in [2.75, 3.05) is 13.7 Å². The highest BCUT2D eigenvalue weighted by Crippen LogP contribution is 2.40. The molecule has 15 atom stereocenters. The van der Waals surface area contributed by atoms with Crippen LogP contribution in [-0.4, -0.2) is 162 Å². The molecule has 3 fully saturated rings. The molecule has 20 nitrogen and oxygen atoms in total. The lowest BCUT2D eigenvalue weighted by atomic mass is 9.97. The van der Waals surface area contributed by atoms with E-state index in [1.165, 1.54) is 33.1 Å². The van der Waals surface area contributed by atoms with Gasteiger partial charge in [0.15, 0.2) is 29.8 Å². The average Bonchev–Trinajstić information content (AvgIpc) is 3.14. The number of ether oxygens (including phenoxy) is 7. The van der Waals surface area contributed by atoms with Gasteiger partial charge in [-0.3, -0.25) is 4.79 Å². The van der Waals surface area contributed by atoms with Crippen LogP contribution in [0.25, 0.3) is 22.3 Å². The van der Waals surface area contributed by atoms with Gasteiger partial charge in [-0.1, -0.05) is 0 Å². The lowest BCUT2D eigenvalue weighted by Crippen LogP contribution is -2.64. The molecule has 6 rings (SSSR count). The molecule has 0 spiro atoms. The van der Waals surface area contributed by atoms with Gasteiger partial charge in [-0.15, -0.1) is 0 Å². The van der Waals surface area contributed by atoms with Gasteiger partial charge in [0.25, 0.3) is 0 Å². The van der Waals surface area contributed by atoms with Crippen LogP contribution in [0.5, 0.6) is 28.7 Å². The fourth-order valence-corrected chi connectivity index (χ4v) is 6.36. The van der Waals surface area contributed by atoms with Crippen LogP contribution in [0.1, 0.15) is 13.8 Å². The van der Waals surface area contributed by atoms with Crippen molar-refractivity contribution in [2.24, 2.45) is 0 Å². The molecule has 4 heterocycles. The predicted molar refractivity (Wildman–Crippen MR) is 176 cm³/mol. The van der Waals surface area contributed by atoms with Crippen LogP contribution >= 0.6 is 0 Å². The molecule has 20 heteroatoms. The number of phenolic OH excluding ortho intramolecular Hbond substituents is 3. The van der Waals surface area contributed by atoms with Crippen molar-refractivity contribution in [1.29, 1.82) is 0 Å². The third-order valence-electron chi connectivity index (χ3n) is 9.59. The van der Waals surface area contributed by atoms with Crippen LogP contribution in [0.2, 0.25) is 0 Å². The van der Waals surface area contributed by atoms with E-state index in [4.69, 9.17) is 37.6 Å². The van der Waals surface area contributed by atoms with E-state index in [2.05, 4.69) is 0 Å². The van der Waals surface area contributed by atoms with Crippen LogP contribution in [-0.2, 0) is 23.7 Å². The number of hydrogen-bond acceptors (Lipinski definition) is 20. The number of phenols is 3. The minimum atomic E-state index is -2.02. The molecule has 0 bridgehead atoms. The first-order chi connectivity index (χ1) is 25.5. The quantitative estimate of drug-likeness (QED) is 0.0999. The topological polar surface area (TPSA) is 317 Å². The highest BCUT2D eigenvalue weighted by molar-refractivity contribution is 5.88. The van der Waals surface area contributed by atoms with Gasteiger partial charge in [-0.05, 0) is 32.0 Å². The molecule has 15 unspecified atom stereocenters. The molecule has 2 aromatic carbocycles. The highest BCUT2D eigenvalue weighted by atomic mass is 16.8. The summed E-state index contributed by atoms with van der Waals surface area (Å²) in [5.74, 6) is -2.65. The maximum atomic E-state index is 13.9. The molecule has 298 valence electrons. The zero-order chi connectivity index (χ0) is 39.3. The van der Waals surface area contributed by atoms with Crippen molar-refractivity contribution in [3.05, 3.63) is 40.6 Å². The molecular weight excluding hydrogens is 728 g/mol. The second kappa shape index (κ2) is 15.7. The van der Waals surface area contributed by atoms with Crippen molar-refractivity contribution < 1.29 is 93.7 Å². The van der Waals surface area contributed by atoms with Crippen molar-refractivity contribution in [2.45, 2.75) is 106 Å². The Morgan fingerprint density at radius 3 is 1.96 bits per heavy atom. The van der Waals surface area contributed by atoms with Gasteiger partial charge in [0.1, 0.15) is 83.5 Å². The van der Waals surface area contributed by atoms with Gasteiger partial charge in [-0.2, -0.15) is 0 Å². The lowest BCUT2D eigenvalue weighted by molar-refractivity contribution is -0.367. The van der Waals surface area contributed by atoms with E-state index >= 15 is 0 Å². The minimum Gasteiger partial charge on any atom is -0.507 e. The zero-order valence-electron chi connectivity index (χ0n) is 28.8. The number of hydrogen-bond donors (Lipinski definition) is 11. The monoisotopic (exact) mass is 770 g/mol. The van der Waals surface area contributed by atoms with Gasteiger partial charge in [0, 0.05) is 17.7 Å². The van der Waals surface area contributed by atoms with Crippen LogP contribution in [0.15, 0.2) is 39.5 Å². The summed E-state index contributed by atoms with van der Waals surface area (Å²) in [5, 5.41) is 115. The average molecular weight is 771 g/mol. The molecular formula is C34H42O20. The summed E-state index contributed by atoms with van der Waals surface area (Å²) >= 11 is 0. The number of rotatable bonds is 9. The predicted octanol–water partition coefficient (Wildman–Crippen LogP) is -2.53. The first kappa shape index (κ1) is 39.8. The van der Waals surface area contributed by atoms with Crippen LogP contribution < -0.4 is 14.9 Å². The molecule has 0 amide bonds. The SMILES string of the molecule is COc1cc(O)c2c(=O)c(OC3OC(COC4OC(C)C(O)C(O)C4OC4OC(C)C(O)C(O)C4O)C(O)C(O)C3O)c(-c3ccc(O)c(O)c3)oc2c1. The molecule has 54 heavy (non-hydrogen) atoms. The maximum absolute atomic E-state index is 13.9. The Bertz CT molecular complexity index is 1850. The molecule has 11 N–H and O–H groups in total. The molecule has 3 aliphatic heterocycles. The summed E-state index contributed by atoms with van der Waals surface area (Å²) < 4.78 is 45.3. The molecule has 0 saturated carbocycles. The van der Waals surface area contributed by atoms with Gasteiger partial charge in [-0.25, -0.2) is 0 Å². The van der Waals surface area contributed by atoms with E-state index in [0.717, 1.165) is 18.2 Å². The molecule has 3 saturated heterocycles. The molecule has 0 radical (unpaired) electrons. The number of benzene rings is 2. The van der Waals surface area contributed by atoms with Gasteiger partial charge in [0.05, 0.1) is 25.9 Å². The van der Waals surface area contributed by atoms with Gasteiger partial charge < -0.3 is 93.7 Å². The van der Waals surface area contributed by atoms with E-state index in [1.807, 2.05) is 0 Å². The van der Waals surface area contributed by atoms with Crippen LogP contribution in [0.4, 0.5) is 0 Å². The summed E-state index contributed by atoms with van der Waals surface area (Å²) in [5.41, 5.74) is -1.21. The van der Waals surface area contributed by atoms with Gasteiger partial charge in [0.2, 0.25) is 17.5 Å². The van der Waals surface area contributed by atoms with E-state index < -0.39 is 127 Å². The summed E-state index contributed by atoms with van der Waals surface area (Å²) in [6, 6.07) is 5.81. The molecule has 1 aromatic heterocycles. The van der Waals surface area contributed by atoms with Crippen molar-refractivity contribution >= 4 is 11.0 Å². The Morgan fingerprint density at radius 1 is 0.667 bits per heavy atom. The zero-order valence-corrected chi connectivity index (χ0v) is 28.8. The second-order valence-electron chi connectivity index (χ2n) is 13.3. The number of aromatic hydroxyl groups is 3. The van der Waals surface area contributed by atoms with Crippen molar-refractivity contribution in [1.82, 2.24) is 0 Å². The van der Waals surface area contributed by atoms with Gasteiger partial charge >= 0.3 is 0 Å². The molecule has 0 aliphatic carbocycles. The minimum absolute atomic E-state index is 0.0220. The third kappa shape index (κ3) is 7.41. The Hall–Kier alpha value is -3.87. The van der Waals surface area contributed by atoms with Crippen LogP contribution in [0, 0.1) is 0 Å². The number of aliphatic hydroxyl groups is 8.